The predicted octanol–water partition coefficient (Wildman–Crippen LogP) is 3.98. The van der Waals surface area contributed by atoms with Crippen LogP contribution < -0.4 is 4.72 Å². The van der Waals surface area contributed by atoms with Gasteiger partial charge in [0.05, 0.1) is 4.90 Å². The summed E-state index contributed by atoms with van der Waals surface area (Å²) < 4.78 is 66.6. The average Bonchev–Trinajstić information content (AvgIpc) is 2.36. The molecule has 2 aromatic carbocycles. The molecule has 3 nitrogen and oxygen atoms in total. The fraction of sp³-hybridized carbons (Fsp3) is 0.0769. The molecule has 0 spiro atoms. The van der Waals surface area contributed by atoms with Crippen molar-refractivity contribution in [3.05, 3.63) is 57.8 Å². The van der Waals surface area contributed by atoms with Crippen molar-refractivity contribution in [2.45, 2.75) is 11.8 Å². The Morgan fingerprint density at radius 2 is 1.62 bits per heavy atom. The minimum Gasteiger partial charge on any atom is -0.274 e. The van der Waals surface area contributed by atoms with Crippen molar-refractivity contribution in [1.82, 2.24) is 0 Å². The summed E-state index contributed by atoms with van der Waals surface area (Å²) >= 11 is 3.12. The van der Waals surface area contributed by atoms with Crippen LogP contribution in [-0.2, 0) is 10.0 Å². The molecule has 0 unspecified atom stereocenters. The Kier molecular flexibility index (Phi) is 4.29. The van der Waals surface area contributed by atoms with Crippen molar-refractivity contribution in [1.29, 1.82) is 0 Å². The molecule has 21 heavy (non-hydrogen) atoms. The van der Waals surface area contributed by atoms with E-state index in [0.717, 1.165) is 0 Å². The predicted molar refractivity (Wildman–Crippen MR) is 76.0 cm³/mol. The van der Waals surface area contributed by atoms with Crippen LogP contribution in [0, 0.1) is 24.4 Å². The maximum atomic E-state index is 13.5. The summed E-state index contributed by atoms with van der Waals surface area (Å²) in [6.45, 7) is 1.54. The smallest absolute Gasteiger partial charge is 0.262 e. The maximum Gasteiger partial charge on any atom is 0.262 e. The van der Waals surface area contributed by atoms with E-state index in [1.165, 1.54) is 12.1 Å². The first-order valence-electron chi connectivity index (χ1n) is 5.64. The molecule has 0 heterocycles. The summed E-state index contributed by atoms with van der Waals surface area (Å²) in [5.74, 6) is -3.79. The number of aryl methyl sites for hydroxylation is 1. The molecule has 2 rings (SSSR count). The Labute approximate surface area is 128 Å². The van der Waals surface area contributed by atoms with E-state index in [-0.39, 0.29) is 4.90 Å². The molecule has 0 atom stereocenters. The van der Waals surface area contributed by atoms with Crippen LogP contribution in [0.3, 0.4) is 0 Å². The second-order valence-corrected chi connectivity index (χ2v) is 6.83. The van der Waals surface area contributed by atoms with Crippen LogP contribution in [0.25, 0.3) is 0 Å². The quantitative estimate of drug-likeness (QED) is 0.876. The van der Waals surface area contributed by atoms with E-state index in [9.17, 15) is 21.6 Å². The summed E-state index contributed by atoms with van der Waals surface area (Å²) in [4.78, 5) is -0.139. The van der Waals surface area contributed by atoms with Gasteiger partial charge in [0.25, 0.3) is 10.0 Å². The Hall–Kier alpha value is -1.54. The molecule has 8 heteroatoms. The minimum absolute atomic E-state index is 0.139. The van der Waals surface area contributed by atoms with Gasteiger partial charge in [-0.2, -0.15) is 0 Å². The summed E-state index contributed by atoms with van der Waals surface area (Å²) in [6, 6.07) is 5.27. The zero-order valence-electron chi connectivity index (χ0n) is 10.6. The molecule has 0 aromatic heterocycles. The maximum absolute atomic E-state index is 13.5. The van der Waals surface area contributed by atoms with Gasteiger partial charge in [-0.15, -0.1) is 0 Å². The largest absolute Gasteiger partial charge is 0.274 e. The van der Waals surface area contributed by atoms with E-state index in [1.54, 1.807) is 17.7 Å². The lowest BCUT2D eigenvalue weighted by Gasteiger charge is -2.12. The van der Waals surface area contributed by atoms with Crippen molar-refractivity contribution in [2.24, 2.45) is 0 Å². The molecule has 0 saturated carbocycles. The number of nitrogens with one attached hydrogen (secondary N) is 1. The Bertz CT molecular complexity index is 786. The van der Waals surface area contributed by atoms with Gasteiger partial charge in [-0.25, -0.2) is 21.6 Å². The third kappa shape index (κ3) is 3.38. The minimum atomic E-state index is -4.21. The normalized spacial score (nSPS) is 11.5. The molecule has 0 aliphatic rings. The van der Waals surface area contributed by atoms with E-state index in [2.05, 4.69) is 15.9 Å². The lowest BCUT2D eigenvalue weighted by Crippen LogP contribution is -2.16. The molecule has 0 amide bonds. The molecule has 0 radical (unpaired) electrons. The van der Waals surface area contributed by atoms with E-state index in [4.69, 9.17) is 0 Å². The average molecular weight is 380 g/mol. The highest BCUT2D eigenvalue weighted by atomic mass is 79.9. The fourth-order valence-electron chi connectivity index (χ4n) is 1.69. The highest BCUT2D eigenvalue weighted by Gasteiger charge is 2.22. The number of halogens is 4. The number of benzene rings is 2. The lowest BCUT2D eigenvalue weighted by molar-refractivity contribution is 0.547. The van der Waals surface area contributed by atoms with Crippen molar-refractivity contribution in [3.8, 4) is 0 Å². The van der Waals surface area contributed by atoms with Gasteiger partial charge in [0.1, 0.15) is 11.5 Å². The molecular weight excluding hydrogens is 371 g/mol. The molecule has 0 saturated heterocycles. The van der Waals surface area contributed by atoms with Crippen molar-refractivity contribution in [2.75, 3.05) is 4.72 Å². The van der Waals surface area contributed by atoms with Gasteiger partial charge in [0, 0.05) is 16.6 Å². The van der Waals surface area contributed by atoms with Gasteiger partial charge in [-0.3, -0.25) is 4.72 Å². The van der Waals surface area contributed by atoms with Crippen LogP contribution in [0.15, 0.2) is 39.7 Å². The highest BCUT2D eigenvalue weighted by Crippen LogP contribution is 2.26. The Morgan fingerprint density at radius 3 is 2.19 bits per heavy atom. The van der Waals surface area contributed by atoms with Crippen molar-refractivity contribution < 1.29 is 21.6 Å². The number of rotatable bonds is 3. The molecule has 1 N–H and O–H groups in total. The number of hydrogen-bond acceptors (Lipinski definition) is 2. The molecule has 0 fully saturated rings. The molecular formula is C13H9BrF3NO2S. The summed E-state index contributed by atoms with van der Waals surface area (Å²) in [6.07, 6.45) is 0. The van der Waals surface area contributed by atoms with E-state index < -0.39 is 33.2 Å². The topological polar surface area (TPSA) is 46.2 Å². The van der Waals surface area contributed by atoms with E-state index in [0.29, 0.717) is 22.2 Å². The number of anilines is 1. The van der Waals surface area contributed by atoms with E-state index in [1.807, 2.05) is 0 Å². The summed E-state index contributed by atoms with van der Waals surface area (Å²) in [7, 11) is -4.21. The van der Waals surface area contributed by atoms with Crippen LogP contribution in [-0.4, -0.2) is 8.42 Å². The van der Waals surface area contributed by atoms with Crippen LogP contribution in [0.1, 0.15) is 5.56 Å². The first-order chi connectivity index (χ1) is 9.70. The van der Waals surface area contributed by atoms with Crippen molar-refractivity contribution >= 4 is 31.6 Å². The molecule has 112 valence electrons. The van der Waals surface area contributed by atoms with Gasteiger partial charge < -0.3 is 0 Å². The Balaban J connectivity index is 2.50. The summed E-state index contributed by atoms with van der Waals surface area (Å²) in [5, 5.41) is 0. The molecule has 2 aromatic rings. The second kappa shape index (κ2) is 5.69. The van der Waals surface area contributed by atoms with Gasteiger partial charge in [0.15, 0.2) is 11.6 Å². The zero-order valence-corrected chi connectivity index (χ0v) is 13.0. The van der Waals surface area contributed by atoms with Gasteiger partial charge >= 0.3 is 0 Å². The first kappa shape index (κ1) is 15.8. The summed E-state index contributed by atoms with van der Waals surface area (Å²) in [5.41, 5.74) is -0.524. The number of hydrogen-bond donors (Lipinski definition) is 1. The molecule has 0 bridgehead atoms. The standard InChI is InChI=1S/C13H9BrF3NO2S/c1-7-2-3-8(14)4-12(7)21(19,20)18-13-10(16)5-9(15)6-11(13)17/h2-6,18H,1H3. The molecule has 0 aliphatic heterocycles. The SMILES string of the molecule is Cc1ccc(Br)cc1S(=O)(=O)Nc1c(F)cc(F)cc1F. The van der Waals surface area contributed by atoms with Crippen LogP contribution in [0.5, 0.6) is 0 Å². The second-order valence-electron chi connectivity index (χ2n) is 4.26. The third-order valence-electron chi connectivity index (χ3n) is 2.68. The van der Waals surface area contributed by atoms with Crippen LogP contribution in [0.4, 0.5) is 18.9 Å². The highest BCUT2D eigenvalue weighted by molar-refractivity contribution is 9.10. The van der Waals surface area contributed by atoms with E-state index >= 15 is 0 Å². The number of sulfonamides is 1. The van der Waals surface area contributed by atoms with Gasteiger partial charge in [-0.05, 0) is 24.6 Å². The van der Waals surface area contributed by atoms with Crippen LogP contribution in [0.2, 0.25) is 0 Å². The van der Waals surface area contributed by atoms with Crippen molar-refractivity contribution in [3.63, 3.8) is 0 Å². The monoisotopic (exact) mass is 379 g/mol. The first-order valence-corrected chi connectivity index (χ1v) is 7.92. The third-order valence-corrected chi connectivity index (χ3v) is 4.67. The fourth-order valence-corrected chi connectivity index (χ4v) is 3.55. The molecule has 0 aliphatic carbocycles. The van der Waals surface area contributed by atoms with Gasteiger partial charge in [-0.1, -0.05) is 22.0 Å². The van der Waals surface area contributed by atoms with Gasteiger partial charge in [0.2, 0.25) is 0 Å². The Morgan fingerprint density at radius 1 is 1.05 bits per heavy atom. The zero-order chi connectivity index (χ0) is 15.8. The van der Waals surface area contributed by atoms with Crippen LogP contribution >= 0.6 is 15.9 Å². The lowest BCUT2D eigenvalue weighted by atomic mass is 10.2.